The lowest BCUT2D eigenvalue weighted by Crippen LogP contribution is -2.40. The molecule has 0 saturated carbocycles. The average Bonchev–Trinajstić information content (AvgIpc) is 2.41. The maximum Gasteiger partial charge on any atom is 0.341 e. The molecule has 130 valence electrons. The number of hydrogen-bond donors (Lipinski definition) is 0. The Bertz CT molecular complexity index is 534. The van der Waals surface area contributed by atoms with Crippen LogP contribution in [0.25, 0.3) is 0 Å². The van der Waals surface area contributed by atoms with Gasteiger partial charge in [0.05, 0.1) is 13.2 Å². The molecule has 0 amide bonds. The summed E-state index contributed by atoms with van der Waals surface area (Å²) in [6, 6.07) is 3.85. The average molecular weight is 398 g/mol. The summed E-state index contributed by atoms with van der Waals surface area (Å²) in [5.41, 5.74) is 1.000. The maximum atomic E-state index is 6.03. The van der Waals surface area contributed by atoms with E-state index in [1.807, 2.05) is 25.1 Å². The van der Waals surface area contributed by atoms with Crippen LogP contribution >= 0.6 is 33.2 Å². The van der Waals surface area contributed by atoms with Crippen molar-refractivity contribution in [1.82, 2.24) is 0 Å². The number of benzene rings is 1. The molecule has 1 aromatic rings. The minimum Gasteiger partial charge on any atom is -0.494 e. The lowest BCUT2D eigenvalue weighted by molar-refractivity contribution is -0.202. The summed E-state index contributed by atoms with van der Waals surface area (Å²) in [5.74, 6) is 1.60. The molecule has 2 rings (SSSR count). The second-order valence-corrected chi connectivity index (χ2v) is 15.7. The predicted octanol–water partition coefficient (Wildman–Crippen LogP) is 5.78. The fourth-order valence-electron chi connectivity index (χ4n) is 2.66. The van der Waals surface area contributed by atoms with Crippen molar-refractivity contribution < 1.29 is 14.2 Å². The van der Waals surface area contributed by atoms with Gasteiger partial charge in [0.25, 0.3) is 0 Å². The van der Waals surface area contributed by atoms with Gasteiger partial charge in [-0.2, -0.15) is 0 Å². The topological polar surface area (TPSA) is 27.7 Å². The highest BCUT2D eigenvalue weighted by Gasteiger charge is 2.33. The van der Waals surface area contributed by atoms with Crippen molar-refractivity contribution in [2.24, 2.45) is 5.92 Å². The van der Waals surface area contributed by atoms with Gasteiger partial charge >= 0.3 is 6.00 Å². The molecule has 0 bridgehead atoms. The van der Waals surface area contributed by atoms with Gasteiger partial charge in [-0.05, 0) is 36.6 Å². The van der Waals surface area contributed by atoms with E-state index in [9.17, 15) is 0 Å². The molecule has 1 aromatic carbocycles. The second-order valence-electron chi connectivity index (χ2n) is 6.46. The van der Waals surface area contributed by atoms with Gasteiger partial charge in [0, 0.05) is 18.9 Å². The molecule has 23 heavy (non-hydrogen) atoms. The van der Waals surface area contributed by atoms with E-state index >= 15 is 0 Å². The number of hydrogen-bond acceptors (Lipinski definition) is 3. The van der Waals surface area contributed by atoms with Crippen LogP contribution in [0.3, 0.4) is 0 Å². The fourth-order valence-corrected chi connectivity index (χ4v) is 4.40. The van der Waals surface area contributed by atoms with E-state index in [1.54, 1.807) is 0 Å². The number of ether oxygens (including phenoxy) is 3. The van der Waals surface area contributed by atoms with Crippen LogP contribution in [0.4, 0.5) is 0 Å². The predicted molar refractivity (Wildman–Crippen MR) is 98.0 cm³/mol. The van der Waals surface area contributed by atoms with Crippen molar-refractivity contribution in [3.63, 3.8) is 0 Å². The molecule has 0 aromatic heterocycles. The molecule has 1 heterocycles. The van der Waals surface area contributed by atoms with Gasteiger partial charge < -0.3 is 14.2 Å². The lowest BCUT2D eigenvalue weighted by Gasteiger charge is -2.36. The van der Waals surface area contributed by atoms with Crippen LogP contribution in [0.15, 0.2) is 18.2 Å². The Morgan fingerprint density at radius 3 is 2.70 bits per heavy atom. The van der Waals surface area contributed by atoms with Gasteiger partial charge in [0.2, 0.25) is 5.79 Å². The van der Waals surface area contributed by atoms with E-state index < -0.39 is 11.8 Å². The Morgan fingerprint density at radius 2 is 2.04 bits per heavy atom. The molecule has 3 nitrogen and oxygen atoms in total. The largest absolute Gasteiger partial charge is 0.494 e. The third-order valence-electron chi connectivity index (χ3n) is 3.54. The van der Waals surface area contributed by atoms with E-state index in [0.29, 0.717) is 25.2 Å². The molecule has 0 N–H and O–H groups in total. The van der Waals surface area contributed by atoms with Gasteiger partial charge in [0.15, 0.2) is 0 Å². The minimum atomic E-state index is -2.55. The van der Waals surface area contributed by atoms with Crippen molar-refractivity contribution in [3.8, 4) is 11.5 Å². The quantitative estimate of drug-likeness (QED) is 0.331. The van der Waals surface area contributed by atoms with E-state index in [4.69, 9.17) is 47.4 Å². The third kappa shape index (κ3) is 6.35. The van der Waals surface area contributed by atoms with Gasteiger partial charge in [0.1, 0.15) is 11.5 Å². The summed E-state index contributed by atoms with van der Waals surface area (Å²) in [6.07, 6.45) is 1.59. The molecule has 1 unspecified atom stereocenters. The van der Waals surface area contributed by atoms with Crippen LogP contribution in [-0.4, -0.2) is 18.4 Å². The highest BCUT2D eigenvalue weighted by Crippen LogP contribution is 2.36. The summed E-state index contributed by atoms with van der Waals surface area (Å²) >= 11 is 17.6. The Labute approximate surface area is 153 Å². The maximum absolute atomic E-state index is 6.03. The Morgan fingerprint density at radius 1 is 1.30 bits per heavy atom. The molecule has 7 heteroatoms. The monoisotopic (exact) mass is 396 g/mol. The number of halogens is 3. The molecular formula is C16H23Cl3O3Si. The molecule has 0 fully saturated rings. The van der Waals surface area contributed by atoms with Crippen LogP contribution in [0.5, 0.6) is 11.5 Å². The molecule has 0 aliphatic carbocycles. The zero-order valence-corrected chi connectivity index (χ0v) is 17.0. The first-order valence-corrected chi connectivity index (χ1v) is 13.1. The molecule has 1 atom stereocenters. The molecule has 1 aliphatic rings. The van der Waals surface area contributed by atoms with E-state index in [2.05, 4.69) is 13.8 Å². The van der Waals surface area contributed by atoms with Crippen LogP contribution in [0.2, 0.25) is 6.04 Å². The minimum absolute atomic E-state index is 0.505. The van der Waals surface area contributed by atoms with E-state index in [-0.39, 0.29) is 0 Å². The van der Waals surface area contributed by atoms with Crippen molar-refractivity contribution in [1.29, 1.82) is 0 Å². The Balaban J connectivity index is 1.91. The second kappa shape index (κ2) is 7.83. The first kappa shape index (κ1) is 19.2. The van der Waals surface area contributed by atoms with E-state index in [1.165, 1.54) is 0 Å². The lowest BCUT2D eigenvalue weighted by atomic mass is 10.0. The zero-order chi connectivity index (χ0) is 17.1. The Kier molecular flexibility index (Phi) is 6.54. The molecule has 0 spiro atoms. The summed E-state index contributed by atoms with van der Waals surface area (Å²) in [7, 11) is 0. The van der Waals surface area contributed by atoms with Gasteiger partial charge in [-0.15, -0.1) is 33.2 Å². The Hall–Kier alpha value is -0.133. The standard InChI is InChI=1S/C16H23Cl3O3Si/c1-12(2)10-16(3)21-11-13-9-14(5-6-15(13)22-16)20-7-4-8-23(17,18)19/h5-6,9,12H,4,7-8,10-11H2,1-3H3. The zero-order valence-electron chi connectivity index (χ0n) is 13.7. The summed E-state index contributed by atoms with van der Waals surface area (Å²) in [5, 5.41) is 0. The van der Waals surface area contributed by atoms with Crippen molar-refractivity contribution in [3.05, 3.63) is 23.8 Å². The molecule has 1 aliphatic heterocycles. The van der Waals surface area contributed by atoms with Crippen LogP contribution in [0, 0.1) is 5.92 Å². The summed E-state index contributed by atoms with van der Waals surface area (Å²) < 4.78 is 17.7. The van der Waals surface area contributed by atoms with Crippen LogP contribution < -0.4 is 9.47 Å². The molecule has 0 saturated heterocycles. The first-order chi connectivity index (χ1) is 10.7. The van der Waals surface area contributed by atoms with Crippen LogP contribution in [-0.2, 0) is 11.3 Å². The van der Waals surface area contributed by atoms with Crippen molar-refractivity contribution >= 4 is 39.2 Å². The fraction of sp³-hybridized carbons (Fsp3) is 0.625. The summed E-state index contributed by atoms with van der Waals surface area (Å²) in [4.78, 5) is 0. The van der Waals surface area contributed by atoms with Gasteiger partial charge in [-0.1, -0.05) is 13.8 Å². The highest BCUT2D eigenvalue weighted by molar-refractivity contribution is 7.64. The molecular weight excluding hydrogens is 375 g/mol. The van der Waals surface area contributed by atoms with Crippen molar-refractivity contribution in [2.45, 2.75) is 52.1 Å². The van der Waals surface area contributed by atoms with Crippen LogP contribution in [0.1, 0.15) is 39.2 Å². The van der Waals surface area contributed by atoms with E-state index in [0.717, 1.165) is 29.9 Å². The SMILES string of the molecule is CC(C)CC1(C)OCc2cc(OCCC[Si](Cl)(Cl)Cl)ccc2O1. The van der Waals surface area contributed by atoms with Gasteiger partial charge in [-0.25, -0.2) is 0 Å². The third-order valence-corrected chi connectivity index (χ3v) is 6.16. The van der Waals surface area contributed by atoms with Gasteiger partial charge in [-0.3, -0.25) is 0 Å². The first-order valence-electron chi connectivity index (χ1n) is 7.82. The van der Waals surface area contributed by atoms with Crippen molar-refractivity contribution in [2.75, 3.05) is 6.61 Å². The number of rotatable bonds is 7. The normalized spacial score (nSPS) is 21.0. The smallest absolute Gasteiger partial charge is 0.341 e. The number of fused-ring (bicyclic) bond motifs is 1. The molecule has 0 radical (unpaired) electrons. The highest BCUT2D eigenvalue weighted by atomic mass is 35.8. The summed E-state index contributed by atoms with van der Waals surface area (Å²) in [6.45, 7) is 7.36.